The summed E-state index contributed by atoms with van der Waals surface area (Å²) in [4.78, 5) is 43.0. The van der Waals surface area contributed by atoms with E-state index in [1.807, 2.05) is 68.4 Å². The summed E-state index contributed by atoms with van der Waals surface area (Å²) < 4.78 is 13.4. The number of likely N-dealkylation sites (N-methyl/N-ethyl adjacent to an activating group) is 1. The molecule has 0 bridgehead atoms. The first-order chi connectivity index (χ1) is 22.9. The minimum atomic E-state index is -0.875. The lowest BCUT2D eigenvalue weighted by Crippen LogP contribution is -2.53. The first kappa shape index (κ1) is 34.6. The lowest BCUT2D eigenvalue weighted by molar-refractivity contribution is -0.140. The second-order valence-electron chi connectivity index (χ2n) is 14.0. The van der Waals surface area contributed by atoms with Crippen LogP contribution in [0.15, 0.2) is 103 Å². The summed E-state index contributed by atoms with van der Waals surface area (Å²) in [5.41, 5.74) is 4.02. The zero-order valence-corrected chi connectivity index (χ0v) is 28.6. The Labute approximate surface area is 283 Å². The number of rotatable bonds is 10. The van der Waals surface area contributed by atoms with Gasteiger partial charge in [-0.3, -0.25) is 14.4 Å². The second kappa shape index (κ2) is 14.5. The first-order valence-electron chi connectivity index (χ1n) is 16.7. The molecule has 6 nitrogen and oxygen atoms in total. The molecule has 0 aromatic heterocycles. The Hall–Kier alpha value is -4.78. The van der Waals surface area contributed by atoms with E-state index in [2.05, 4.69) is 48.7 Å². The molecule has 5 rings (SSSR count). The highest BCUT2D eigenvalue weighted by molar-refractivity contribution is 6.01. The Bertz CT molecular complexity index is 1730. The molecule has 4 aromatic rings. The van der Waals surface area contributed by atoms with Crippen molar-refractivity contribution < 1.29 is 18.8 Å². The van der Waals surface area contributed by atoms with Gasteiger partial charge in [-0.15, -0.1) is 0 Å². The molecule has 0 aliphatic heterocycles. The fourth-order valence-electron chi connectivity index (χ4n) is 6.43. The van der Waals surface area contributed by atoms with Gasteiger partial charge in [-0.25, -0.2) is 4.39 Å². The quantitative estimate of drug-likeness (QED) is 0.182. The predicted molar refractivity (Wildman–Crippen MR) is 189 cm³/mol. The summed E-state index contributed by atoms with van der Waals surface area (Å²) in [6.07, 6.45) is 2.33. The van der Waals surface area contributed by atoms with Crippen molar-refractivity contribution in [1.29, 1.82) is 0 Å². The van der Waals surface area contributed by atoms with Crippen LogP contribution < -0.4 is 10.6 Å². The van der Waals surface area contributed by atoms with Crippen LogP contribution in [-0.4, -0.2) is 35.2 Å². The van der Waals surface area contributed by atoms with Crippen LogP contribution in [0.25, 0.3) is 11.1 Å². The predicted octanol–water partition coefficient (Wildman–Crippen LogP) is 8.20. The molecule has 48 heavy (non-hydrogen) atoms. The lowest BCUT2D eigenvalue weighted by atomic mass is 9.68. The molecule has 7 heteroatoms. The largest absolute Gasteiger partial charge is 0.347 e. The van der Waals surface area contributed by atoms with Crippen molar-refractivity contribution in [2.24, 2.45) is 5.41 Å². The number of carbonyl (C=O) groups is 3. The molecule has 3 amide bonds. The van der Waals surface area contributed by atoms with Gasteiger partial charge in [-0.05, 0) is 84.5 Å². The molecular formula is C41H46FN3O3. The van der Waals surface area contributed by atoms with Crippen molar-refractivity contribution in [3.05, 3.63) is 131 Å². The average molecular weight is 648 g/mol. The topological polar surface area (TPSA) is 78.5 Å². The van der Waals surface area contributed by atoms with E-state index in [1.54, 1.807) is 24.1 Å². The van der Waals surface area contributed by atoms with E-state index in [0.717, 1.165) is 16.7 Å². The standard InChI is InChI=1S/C41H46FN3O3/c1-28(2)30-17-19-31(20-18-30)34-13-9-10-14-35(34)37(46)44-41(4)25-23-40(3,24-26-41)39(48)43-36(32-11-7-6-8-12-32)38(47)45(5)27-29-15-21-33(42)22-16-29/h6-22,28,36H,23-27H2,1-5H3,(H,43,48)(H,44,46)/t36-,40?,41?/m0/s1. The summed E-state index contributed by atoms with van der Waals surface area (Å²) in [6, 6.07) is 30.4. The van der Waals surface area contributed by atoms with E-state index in [9.17, 15) is 18.8 Å². The summed E-state index contributed by atoms with van der Waals surface area (Å²) in [5, 5.41) is 6.37. The molecule has 250 valence electrons. The third kappa shape index (κ3) is 8.01. The molecule has 1 fully saturated rings. The molecular weight excluding hydrogens is 601 g/mol. The van der Waals surface area contributed by atoms with E-state index in [0.29, 0.717) is 42.7 Å². The second-order valence-corrected chi connectivity index (χ2v) is 14.0. The van der Waals surface area contributed by atoms with E-state index >= 15 is 0 Å². The van der Waals surface area contributed by atoms with Gasteiger partial charge in [-0.2, -0.15) is 0 Å². The lowest BCUT2D eigenvalue weighted by Gasteiger charge is -2.43. The zero-order valence-electron chi connectivity index (χ0n) is 28.6. The normalized spacial score (nSPS) is 19.7. The van der Waals surface area contributed by atoms with Gasteiger partial charge in [0.15, 0.2) is 0 Å². The monoisotopic (exact) mass is 647 g/mol. The van der Waals surface area contributed by atoms with E-state index in [1.165, 1.54) is 17.7 Å². The molecule has 1 saturated carbocycles. The van der Waals surface area contributed by atoms with Gasteiger partial charge in [-0.1, -0.05) is 106 Å². The maximum absolute atomic E-state index is 13.9. The minimum Gasteiger partial charge on any atom is -0.347 e. The maximum atomic E-state index is 13.9. The number of nitrogens with one attached hydrogen (secondary N) is 2. The summed E-state index contributed by atoms with van der Waals surface area (Å²) in [6.45, 7) is 8.58. The highest BCUT2D eigenvalue weighted by Crippen LogP contribution is 2.41. The minimum absolute atomic E-state index is 0.131. The molecule has 1 atom stereocenters. The van der Waals surface area contributed by atoms with E-state index in [4.69, 9.17) is 0 Å². The summed E-state index contributed by atoms with van der Waals surface area (Å²) in [7, 11) is 1.68. The molecule has 2 N–H and O–H groups in total. The van der Waals surface area contributed by atoms with Crippen LogP contribution in [0.3, 0.4) is 0 Å². The van der Waals surface area contributed by atoms with Crippen molar-refractivity contribution >= 4 is 17.7 Å². The van der Waals surface area contributed by atoms with Gasteiger partial charge in [0.25, 0.3) is 5.91 Å². The Balaban J connectivity index is 1.26. The van der Waals surface area contributed by atoms with Gasteiger partial charge in [0, 0.05) is 30.1 Å². The van der Waals surface area contributed by atoms with Gasteiger partial charge in [0.05, 0.1) is 0 Å². The number of hydrogen-bond acceptors (Lipinski definition) is 3. The smallest absolute Gasteiger partial charge is 0.252 e. The van der Waals surface area contributed by atoms with Crippen molar-refractivity contribution in [2.45, 2.75) is 77.4 Å². The molecule has 4 aromatic carbocycles. The van der Waals surface area contributed by atoms with Crippen LogP contribution in [0.5, 0.6) is 0 Å². The van der Waals surface area contributed by atoms with Gasteiger partial charge >= 0.3 is 0 Å². The number of carbonyl (C=O) groups excluding carboxylic acids is 3. The molecule has 0 heterocycles. The molecule has 1 aliphatic carbocycles. The zero-order chi connectivity index (χ0) is 34.5. The number of halogens is 1. The van der Waals surface area contributed by atoms with Crippen LogP contribution in [0.1, 0.15) is 92.4 Å². The first-order valence-corrected chi connectivity index (χ1v) is 16.7. The SMILES string of the molecule is CC(C)c1ccc(-c2ccccc2C(=O)NC2(C)CCC(C)(C(=O)N[C@H](C(=O)N(C)Cc3ccc(F)cc3)c3ccccc3)CC2)cc1. The highest BCUT2D eigenvalue weighted by Gasteiger charge is 2.44. The fraction of sp³-hybridized carbons (Fsp3) is 0.341. The highest BCUT2D eigenvalue weighted by atomic mass is 19.1. The summed E-state index contributed by atoms with van der Waals surface area (Å²) >= 11 is 0. The number of nitrogens with zero attached hydrogens (tertiary/aromatic N) is 1. The van der Waals surface area contributed by atoms with Crippen LogP contribution >= 0.6 is 0 Å². The third-order valence-corrected chi connectivity index (χ3v) is 9.85. The van der Waals surface area contributed by atoms with Crippen molar-refractivity contribution in [1.82, 2.24) is 15.5 Å². The fourth-order valence-corrected chi connectivity index (χ4v) is 6.43. The number of hydrogen-bond donors (Lipinski definition) is 2. The maximum Gasteiger partial charge on any atom is 0.252 e. The van der Waals surface area contributed by atoms with Gasteiger partial charge < -0.3 is 15.5 Å². The van der Waals surface area contributed by atoms with Gasteiger partial charge in [0.2, 0.25) is 11.8 Å². The Morgan fingerprint density at radius 2 is 1.38 bits per heavy atom. The van der Waals surface area contributed by atoms with E-state index < -0.39 is 17.0 Å². The number of benzene rings is 4. The van der Waals surface area contributed by atoms with Crippen LogP contribution in [0, 0.1) is 11.2 Å². The van der Waals surface area contributed by atoms with Gasteiger partial charge in [0.1, 0.15) is 11.9 Å². The third-order valence-electron chi connectivity index (χ3n) is 9.85. The van der Waals surface area contributed by atoms with E-state index in [-0.39, 0.29) is 30.1 Å². The Kier molecular flexibility index (Phi) is 10.5. The molecule has 1 aliphatic rings. The summed E-state index contributed by atoms with van der Waals surface area (Å²) in [5.74, 6) is -0.490. The molecule has 0 spiro atoms. The van der Waals surface area contributed by atoms with Crippen LogP contribution in [0.4, 0.5) is 4.39 Å². The van der Waals surface area contributed by atoms with Crippen LogP contribution in [0.2, 0.25) is 0 Å². The van der Waals surface area contributed by atoms with Crippen LogP contribution in [-0.2, 0) is 16.1 Å². The average Bonchev–Trinajstić information content (AvgIpc) is 3.09. The molecule has 0 unspecified atom stereocenters. The van der Waals surface area contributed by atoms with Crippen molar-refractivity contribution in [2.75, 3.05) is 7.05 Å². The molecule has 0 saturated heterocycles. The molecule has 0 radical (unpaired) electrons. The Morgan fingerprint density at radius 3 is 2.00 bits per heavy atom. The Morgan fingerprint density at radius 1 is 0.771 bits per heavy atom. The van der Waals surface area contributed by atoms with Crippen molar-refractivity contribution in [3.63, 3.8) is 0 Å². The number of amides is 3. The van der Waals surface area contributed by atoms with Crippen molar-refractivity contribution in [3.8, 4) is 11.1 Å².